The molecule has 108 valence electrons. The van der Waals surface area contributed by atoms with E-state index in [-0.39, 0.29) is 18.4 Å². The Bertz CT molecular complexity index is 390. The maximum Gasteiger partial charge on any atom is 0.122 e. The summed E-state index contributed by atoms with van der Waals surface area (Å²) in [5, 5.41) is 0. The Morgan fingerprint density at radius 1 is 1.32 bits per heavy atom. The Balaban J connectivity index is 0.00000180. The van der Waals surface area contributed by atoms with Gasteiger partial charge < -0.3 is 10.5 Å². The van der Waals surface area contributed by atoms with E-state index in [1.165, 1.54) is 24.0 Å². The van der Waals surface area contributed by atoms with Crippen LogP contribution in [-0.2, 0) is 12.8 Å². The van der Waals surface area contributed by atoms with Gasteiger partial charge in [-0.1, -0.05) is 26.0 Å². The molecule has 0 aromatic heterocycles. The first-order valence-electron chi connectivity index (χ1n) is 7.23. The molecule has 0 spiro atoms. The van der Waals surface area contributed by atoms with Gasteiger partial charge in [0.2, 0.25) is 0 Å². The summed E-state index contributed by atoms with van der Waals surface area (Å²) in [5.41, 5.74) is 8.66. The van der Waals surface area contributed by atoms with E-state index in [1.54, 1.807) is 0 Å². The molecular formula is C16H26ClNO. The van der Waals surface area contributed by atoms with Gasteiger partial charge in [-0.25, -0.2) is 0 Å². The average molecular weight is 284 g/mol. The van der Waals surface area contributed by atoms with Crippen LogP contribution in [0, 0.1) is 5.92 Å². The average Bonchev–Trinajstić information content (AvgIpc) is 3.21. The van der Waals surface area contributed by atoms with Crippen LogP contribution in [0.4, 0.5) is 0 Å². The first-order valence-corrected chi connectivity index (χ1v) is 7.23. The van der Waals surface area contributed by atoms with Crippen LogP contribution in [0.15, 0.2) is 18.2 Å². The number of benzene rings is 1. The summed E-state index contributed by atoms with van der Waals surface area (Å²) in [6.07, 6.45) is 5.69. The maximum absolute atomic E-state index is 6.01. The molecule has 2 N–H and O–H groups in total. The van der Waals surface area contributed by atoms with Crippen molar-refractivity contribution >= 4 is 12.4 Å². The minimum atomic E-state index is 0. The number of hydrogen-bond donors (Lipinski definition) is 1. The number of rotatable bonds is 7. The van der Waals surface area contributed by atoms with Gasteiger partial charge in [0.1, 0.15) is 5.75 Å². The van der Waals surface area contributed by atoms with E-state index in [0.29, 0.717) is 0 Å². The number of ether oxygens (including phenoxy) is 1. The molecule has 1 atom stereocenters. The lowest BCUT2D eigenvalue weighted by molar-refractivity contribution is 0.297. The Kier molecular flexibility index (Phi) is 6.67. The topological polar surface area (TPSA) is 35.2 Å². The lowest BCUT2D eigenvalue weighted by Crippen LogP contribution is -2.21. The molecule has 0 heterocycles. The standard InChI is InChI=1S/C16H25NO.ClH/c1-3-14-9-13(10-15(17)4-2)7-8-16(14)18-11-12-5-6-12;/h7-9,12,15H,3-6,10-11,17H2,1-2H3;1H. The van der Waals surface area contributed by atoms with Crippen LogP contribution >= 0.6 is 12.4 Å². The molecular weight excluding hydrogens is 258 g/mol. The van der Waals surface area contributed by atoms with Crippen LogP contribution in [0.5, 0.6) is 5.75 Å². The molecule has 2 rings (SSSR count). The van der Waals surface area contributed by atoms with Crippen molar-refractivity contribution in [3.63, 3.8) is 0 Å². The highest BCUT2D eigenvalue weighted by Gasteiger charge is 2.22. The summed E-state index contributed by atoms with van der Waals surface area (Å²) in [6, 6.07) is 6.82. The first-order chi connectivity index (χ1) is 8.72. The van der Waals surface area contributed by atoms with Gasteiger partial charge in [0.05, 0.1) is 6.61 Å². The zero-order valence-corrected chi connectivity index (χ0v) is 12.8. The highest BCUT2D eigenvalue weighted by atomic mass is 35.5. The van der Waals surface area contributed by atoms with E-state index < -0.39 is 0 Å². The third kappa shape index (κ3) is 5.04. The van der Waals surface area contributed by atoms with Gasteiger partial charge in [0, 0.05) is 6.04 Å². The summed E-state index contributed by atoms with van der Waals surface area (Å²) < 4.78 is 5.91. The van der Waals surface area contributed by atoms with Gasteiger partial charge in [-0.15, -0.1) is 12.4 Å². The molecule has 1 unspecified atom stereocenters. The van der Waals surface area contributed by atoms with Crippen molar-refractivity contribution in [1.29, 1.82) is 0 Å². The molecule has 0 radical (unpaired) electrons. The zero-order valence-electron chi connectivity index (χ0n) is 12.0. The number of aryl methyl sites for hydroxylation is 1. The van der Waals surface area contributed by atoms with Crippen molar-refractivity contribution in [3.05, 3.63) is 29.3 Å². The second-order valence-electron chi connectivity index (χ2n) is 5.42. The minimum Gasteiger partial charge on any atom is -0.493 e. The fourth-order valence-corrected chi connectivity index (χ4v) is 2.12. The highest BCUT2D eigenvalue weighted by molar-refractivity contribution is 5.85. The molecule has 1 aliphatic rings. The van der Waals surface area contributed by atoms with E-state index in [0.717, 1.165) is 37.5 Å². The molecule has 0 bridgehead atoms. The van der Waals surface area contributed by atoms with Gasteiger partial charge in [-0.2, -0.15) is 0 Å². The van der Waals surface area contributed by atoms with Crippen molar-refractivity contribution < 1.29 is 4.74 Å². The van der Waals surface area contributed by atoms with E-state index in [1.807, 2.05) is 0 Å². The third-order valence-corrected chi connectivity index (χ3v) is 3.70. The normalized spacial score (nSPS) is 15.7. The van der Waals surface area contributed by atoms with Crippen molar-refractivity contribution in [3.8, 4) is 5.75 Å². The molecule has 1 saturated carbocycles. The quantitative estimate of drug-likeness (QED) is 0.827. The number of hydrogen-bond acceptors (Lipinski definition) is 2. The van der Waals surface area contributed by atoms with E-state index in [9.17, 15) is 0 Å². The second-order valence-corrected chi connectivity index (χ2v) is 5.42. The molecule has 0 amide bonds. The van der Waals surface area contributed by atoms with Crippen LogP contribution in [0.25, 0.3) is 0 Å². The van der Waals surface area contributed by atoms with Crippen molar-refractivity contribution in [1.82, 2.24) is 0 Å². The predicted molar refractivity (Wildman–Crippen MR) is 83.3 cm³/mol. The van der Waals surface area contributed by atoms with Crippen LogP contribution in [-0.4, -0.2) is 12.6 Å². The summed E-state index contributed by atoms with van der Waals surface area (Å²) in [6.45, 7) is 5.21. The van der Waals surface area contributed by atoms with E-state index in [2.05, 4.69) is 32.0 Å². The number of halogens is 1. The fraction of sp³-hybridized carbons (Fsp3) is 0.625. The van der Waals surface area contributed by atoms with Crippen molar-refractivity contribution in [2.45, 2.75) is 52.0 Å². The monoisotopic (exact) mass is 283 g/mol. The smallest absolute Gasteiger partial charge is 0.122 e. The van der Waals surface area contributed by atoms with Gasteiger partial charge in [0.15, 0.2) is 0 Å². The summed E-state index contributed by atoms with van der Waals surface area (Å²) >= 11 is 0. The molecule has 2 nitrogen and oxygen atoms in total. The Morgan fingerprint density at radius 2 is 2.05 bits per heavy atom. The van der Waals surface area contributed by atoms with Gasteiger partial charge in [0.25, 0.3) is 0 Å². The van der Waals surface area contributed by atoms with E-state index in [4.69, 9.17) is 10.5 Å². The number of nitrogens with two attached hydrogens (primary N) is 1. The lowest BCUT2D eigenvalue weighted by atomic mass is 10.0. The Morgan fingerprint density at radius 3 is 2.63 bits per heavy atom. The van der Waals surface area contributed by atoms with Crippen LogP contribution in [0.2, 0.25) is 0 Å². The molecule has 1 aliphatic carbocycles. The molecule has 3 heteroatoms. The minimum absolute atomic E-state index is 0. The molecule has 1 aromatic rings. The molecule has 0 saturated heterocycles. The fourth-order valence-electron chi connectivity index (χ4n) is 2.12. The Hall–Kier alpha value is -0.730. The first kappa shape index (κ1) is 16.3. The molecule has 1 fully saturated rings. The van der Waals surface area contributed by atoms with E-state index >= 15 is 0 Å². The van der Waals surface area contributed by atoms with Gasteiger partial charge in [-0.05, 0) is 55.2 Å². The zero-order chi connectivity index (χ0) is 13.0. The SMILES string of the molecule is CCc1cc(CC(N)CC)ccc1OCC1CC1.Cl. The van der Waals surface area contributed by atoms with Crippen LogP contribution in [0.1, 0.15) is 44.2 Å². The van der Waals surface area contributed by atoms with Crippen molar-refractivity contribution in [2.24, 2.45) is 11.7 Å². The largest absolute Gasteiger partial charge is 0.493 e. The maximum atomic E-state index is 6.01. The van der Waals surface area contributed by atoms with Gasteiger partial charge >= 0.3 is 0 Å². The second kappa shape index (κ2) is 7.76. The van der Waals surface area contributed by atoms with Crippen LogP contribution in [0.3, 0.4) is 0 Å². The summed E-state index contributed by atoms with van der Waals surface area (Å²) in [5.74, 6) is 1.88. The van der Waals surface area contributed by atoms with Crippen molar-refractivity contribution in [2.75, 3.05) is 6.61 Å². The van der Waals surface area contributed by atoms with Crippen LogP contribution < -0.4 is 10.5 Å². The third-order valence-electron chi connectivity index (χ3n) is 3.70. The van der Waals surface area contributed by atoms with Gasteiger partial charge in [-0.3, -0.25) is 0 Å². The highest BCUT2D eigenvalue weighted by Crippen LogP contribution is 2.30. The molecule has 0 aliphatic heterocycles. The summed E-state index contributed by atoms with van der Waals surface area (Å²) in [4.78, 5) is 0. The molecule has 1 aromatic carbocycles. The molecule has 19 heavy (non-hydrogen) atoms. The lowest BCUT2D eigenvalue weighted by Gasteiger charge is -2.14. The Labute approximate surface area is 123 Å². The summed E-state index contributed by atoms with van der Waals surface area (Å²) in [7, 11) is 0. The predicted octanol–water partition coefficient (Wildman–Crippen LogP) is 3.74.